The van der Waals surface area contributed by atoms with Crippen molar-refractivity contribution in [2.24, 2.45) is 0 Å². The number of hydrogen-bond donors (Lipinski definition) is 3. The summed E-state index contributed by atoms with van der Waals surface area (Å²) in [7, 11) is 0. The van der Waals surface area contributed by atoms with Crippen LogP contribution in [0.5, 0.6) is 0 Å². The molecule has 0 saturated carbocycles. The number of hydrogen-bond acceptors (Lipinski definition) is 2. The molecule has 2 aromatic rings. The van der Waals surface area contributed by atoms with Crippen molar-refractivity contribution in [3.8, 4) is 0 Å². The number of thiocarbonyl (C=S) groups is 1. The summed E-state index contributed by atoms with van der Waals surface area (Å²) in [6, 6.07) is 12.4. The Balaban J connectivity index is 1.32. The standard InChI is InChI=1S/C21H27N3OS/c1-14-5-6-16(10-15(14)2)22-21(26)23-17-11-18-7-8-19(12-17)24(18)13-20-4-3-9-25-20/h3-6,9-10,17-19H,7-8,11-13H2,1-2H3,(H2,22,23,26)/p+1/t17?,18-,19+. The van der Waals surface area contributed by atoms with Gasteiger partial charge in [-0.2, -0.15) is 0 Å². The van der Waals surface area contributed by atoms with E-state index in [2.05, 4.69) is 48.7 Å². The number of rotatable bonds is 4. The van der Waals surface area contributed by atoms with Crippen LogP contribution in [0.15, 0.2) is 41.0 Å². The topological polar surface area (TPSA) is 41.6 Å². The fraction of sp³-hybridized carbons (Fsp3) is 0.476. The maximum absolute atomic E-state index is 5.57. The first kappa shape index (κ1) is 17.6. The van der Waals surface area contributed by atoms with Crippen LogP contribution in [0.25, 0.3) is 0 Å². The van der Waals surface area contributed by atoms with Gasteiger partial charge < -0.3 is 20.0 Å². The van der Waals surface area contributed by atoms with Crippen LogP contribution in [-0.2, 0) is 6.54 Å². The summed E-state index contributed by atoms with van der Waals surface area (Å²) < 4.78 is 5.57. The van der Waals surface area contributed by atoms with Crippen LogP contribution < -0.4 is 15.5 Å². The first-order valence-corrected chi connectivity index (χ1v) is 10.0. The Morgan fingerprint density at radius 1 is 1.15 bits per heavy atom. The zero-order chi connectivity index (χ0) is 18.1. The lowest BCUT2D eigenvalue weighted by molar-refractivity contribution is -0.955. The molecule has 138 valence electrons. The van der Waals surface area contributed by atoms with E-state index in [1.54, 1.807) is 11.2 Å². The van der Waals surface area contributed by atoms with Crippen LogP contribution >= 0.6 is 12.2 Å². The number of benzene rings is 1. The van der Waals surface area contributed by atoms with Crippen molar-refractivity contribution in [3.05, 3.63) is 53.5 Å². The third-order valence-corrected chi connectivity index (χ3v) is 6.33. The van der Waals surface area contributed by atoms with E-state index in [9.17, 15) is 0 Å². The summed E-state index contributed by atoms with van der Waals surface area (Å²) in [5.74, 6) is 1.11. The molecule has 5 heteroatoms. The lowest BCUT2D eigenvalue weighted by atomic mass is 9.97. The van der Waals surface area contributed by atoms with Gasteiger partial charge in [-0.15, -0.1) is 0 Å². The number of fused-ring (bicyclic) bond motifs is 2. The molecular weight excluding hydrogens is 342 g/mol. The molecule has 2 aliphatic rings. The van der Waals surface area contributed by atoms with Crippen molar-refractivity contribution >= 4 is 23.0 Å². The van der Waals surface area contributed by atoms with Crippen LogP contribution in [0.2, 0.25) is 0 Å². The molecule has 1 aromatic carbocycles. The number of furan rings is 1. The Hall–Kier alpha value is -1.85. The zero-order valence-corrected chi connectivity index (χ0v) is 16.4. The van der Waals surface area contributed by atoms with E-state index < -0.39 is 0 Å². The maximum Gasteiger partial charge on any atom is 0.171 e. The Labute approximate surface area is 161 Å². The lowest BCUT2D eigenvalue weighted by Gasteiger charge is -2.36. The first-order valence-electron chi connectivity index (χ1n) is 9.61. The lowest BCUT2D eigenvalue weighted by Crippen LogP contribution is -3.17. The average Bonchev–Trinajstić information content (AvgIpc) is 3.18. The van der Waals surface area contributed by atoms with Gasteiger partial charge in [-0.1, -0.05) is 6.07 Å². The fourth-order valence-electron chi connectivity index (χ4n) is 4.62. The fourth-order valence-corrected chi connectivity index (χ4v) is 4.91. The predicted molar refractivity (Wildman–Crippen MR) is 108 cm³/mol. The Morgan fingerprint density at radius 2 is 1.92 bits per heavy atom. The van der Waals surface area contributed by atoms with Crippen molar-refractivity contribution in [2.45, 2.75) is 64.2 Å². The minimum Gasteiger partial charge on any atom is -0.463 e. The van der Waals surface area contributed by atoms with Crippen molar-refractivity contribution in [2.75, 3.05) is 5.32 Å². The molecule has 2 aliphatic heterocycles. The first-order chi connectivity index (χ1) is 12.6. The molecule has 2 unspecified atom stereocenters. The van der Waals surface area contributed by atoms with Gasteiger partial charge in [0.05, 0.1) is 18.3 Å². The van der Waals surface area contributed by atoms with Crippen LogP contribution in [0, 0.1) is 13.8 Å². The highest BCUT2D eigenvalue weighted by molar-refractivity contribution is 7.80. The zero-order valence-electron chi connectivity index (χ0n) is 15.5. The van der Waals surface area contributed by atoms with E-state index in [1.807, 2.05) is 6.07 Å². The van der Waals surface area contributed by atoms with E-state index in [1.165, 1.54) is 36.8 Å². The normalized spacial score (nSPS) is 27.3. The highest BCUT2D eigenvalue weighted by Gasteiger charge is 2.44. The van der Waals surface area contributed by atoms with E-state index in [0.717, 1.165) is 23.1 Å². The quantitative estimate of drug-likeness (QED) is 0.724. The monoisotopic (exact) mass is 370 g/mol. The highest BCUT2D eigenvalue weighted by Crippen LogP contribution is 2.24. The average molecular weight is 371 g/mol. The number of quaternary nitrogens is 1. The summed E-state index contributed by atoms with van der Waals surface area (Å²) in [6.07, 6.45) is 6.77. The Morgan fingerprint density at radius 3 is 2.58 bits per heavy atom. The molecule has 0 amide bonds. The highest BCUT2D eigenvalue weighted by atomic mass is 32.1. The number of anilines is 1. The van der Waals surface area contributed by atoms with Gasteiger partial charge in [-0.25, -0.2) is 0 Å². The second-order valence-electron chi connectivity index (χ2n) is 7.87. The van der Waals surface area contributed by atoms with Gasteiger partial charge in [0, 0.05) is 37.4 Å². The van der Waals surface area contributed by atoms with Gasteiger partial charge in [-0.05, 0) is 61.5 Å². The molecule has 0 spiro atoms. The second kappa shape index (κ2) is 7.41. The molecular formula is C21H28N3OS+. The Kier molecular flexibility index (Phi) is 5.00. The second-order valence-corrected chi connectivity index (χ2v) is 8.28. The number of aryl methyl sites for hydroxylation is 2. The Bertz CT molecular complexity index is 760. The molecule has 2 bridgehead atoms. The molecule has 3 heterocycles. The van der Waals surface area contributed by atoms with E-state index >= 15 is 0 Å². The third kappa shape index (κ3) is 3.79. The molecule has 4 rings (SSSR count). The minimum absolute atomic E-state index is 0.472. The van der Waals surface area contributed by atoms with Crippen LogP contribution in [-0.4, -0.2) is 23.2 Å². The molecule has 2 saturated heterocycles. The summed E-state index contributed by atoms with van der Waals surface area (Å²) in [6.45, 7) is 5.27. The summed E-state index contributed by atoms with van der Waals surface area (Å²) in [5, 5.41) is 7.66. The summed E-state index contributed by atoms with van der Waals surface area (Å²) in [5.41, 5.74) is 3.65. The molecule has 1 aromatic heterocycles. The van der Waals surface area contributed by atoms with E-state index in [0.29, 0.717) is 18.1 Å². The molecule has 4 nitrogen and oxygen atoms in total. The van der Waals surface area contributed by atoms with Gasteiger partial charge in [-0.3, -0.25) is 0 Å². The molecule has 26 heavy (non-hydrogen) atoms. The minimum atomic E-state index is 0.472. The van der Waals surface area contributed by atoms with Crippen molar-refractivity contribution in [3.63, 3.8) is 0 Å². The van der Waals surface area contributed by atoms with Gasteiger partial charge in [0.1, 0.15) is 6.54 Å². The van der Waals surface area contributed by atoms with Crippen molar-refractivity contribution in [1.82, 2.24) is 5.32 Å². The van der Waals surface area contributed by atoms with Crippen LogP contribution in [0.1, 0.15) is 42.6 Å². The molecule has 3 N–H and O–H groups in total. The number of nitrogens with one attached hydrogen (secondary N) is 3. The van der Waals surface area contributed by atoms with Gasteiger partial charge in [0.2, 0.25) is 0 Å². The van der Waals surface area contributed by atoms with Crippen molar-refractivity contribution < 1.29 is 9.32 Å². The smallest absolute Gasteiger partial charge is 0.171 e. The molecule has 4 atom stereocenters. The molecule has 0 radical (unpaired) electrons. The largest absolute Gasteiger partial charge is 0.463 e. The maximum atomic E-state index is 5.57. The predicted octanol–water partition coefficient (Wildman–Crippen LogP) is 2.96. The number of piperidine rings is 1. The molecule has 0 aliphatic carbocycles. The van der Waals surface area contributed by atoms with Gasteiger partial charge >= 0.3 is 0 Å². The van der Waals surface area contributed by atoms with E-state index in [-0.39, 0.29) is 0 Å². The van der Waals surface area contributed by atoms with Crippen LogP contribution in [0.4, 0.5) is 5.69 Å². The summed E-state index contributed by atoms with van der Waals surface area (Å²) >= 11 is 5.57. The SMILES string of the molecule is Cc1ccc(NC(=S)NC2C[C@H]3CC[C@@H](C2)[NH+]3Cc2ccco2)cc1C. The van der Waals surface area contributed by atoms with Crippen LogP contribution in [0.3, 0.4) is 0 Å². The van der Waals surface area contributed by atoms with Gasteiger partial charge in [0.25, 0.3) is 0 Å². The third-order valence-electron chi connectivity index (χ3n) is 6.11. The van der Waals surface area contributed by atoms with E-state index in [4.69, 9.17) is 16.6 Å². The summed E-state index contributed by atoms with van der Waals surface area (Å²) in [4.78, 5) is 1.70. The van der Waals surface area contributed by atoms with Gasteiger partial charge in [0.15, 0.2) is 10.9 Å². The molecule has 2 fully saturated rings. The van der Waals surface area contributed by atoms with Crippen molar-refractivity contribution in [1.29, 1.82) is 0 Å².